The van der Waals surface area contributed by atoms with Gasteiger partial charge in [0.1, 0.15) is 0 Å². The maximum atomic E-state index is 12.6. The number of likely N-dealkylation sites (N-methyl/N-ethyl adjacent to an activating group) is 1. The van der Waals surface area contributed by atoms with Crippen LogP contribution in [0.2, 0.25) is 10.0 Å². The predicted molar refractivity (Wildman–Crippen MR) is 80.7 cm³/mol. The summed E-state index contributed by atoms with van der Waals surface area (Å²) in [6.07, 6.45) is 0. The molecule has 1 heterocycles. The molecule has 1 aliphatic rings. The number of rotatable bonds is 3. The monoisotopic (exact) mass is 316 g/mol. The Balaban J connectivity index is 2.20. The number of halogens is 2. The maximum absolute atomic E-state index is 12.6. The molecule has 1 saturated heterocycles. The van der Waals surface area contributed by atoms with Crippen LogP contribution in [0.3, 0.4) is 0 Å². The minimum absolute atomic E-state index is 0.0398. The van der Waals surface area contributed by atoms with Crippen molar-refractivity contribution in [3.8, 4) is 0 Å². The van der Waals surface area contributed by atoms with Crippen molar-refractivity contribution in [1.82, 2.24) is 9.80 Å². The molecule has 1 fully saturated rings. The Morgan fingerprint density at radius 3 is 2.85 bits per heavy atom. The van der Waals surface area contributed by atoms with Crippen LogP contribution in [0.5, 0.6) is 0 Å². The molecule has 0 bridgehead atoms. The number of benzene rings is 1. The first kappa shape index (κ1) is 15.6. The number of hydrogen-bond acceptors (Lipinski definition) is 3. The van der Waals surface area contributed by atoms with Gasteiger partial charge in [-0.1, -0.05) is 23.2 Å². The first-order chi connectivity index (χ1) is 9.49. The summed E-state index contributed by atoms with van der Waals surface area (Å²) in [6, 6.07) is 4.99. The smallest absolute Gasteiger partial charge is 0.255 e. The van der Waals surface area contributed by atoms with E-state index in [-0.39, 0.29) is 11.9 Å². The normalized spacial score (nSPS) is 19.4. The molecule has 1 aromatic rings. The zero-order chi connectivity index (χ0) is 14.7. The highest BCUT2D eigenvalue weighted by molar-refractivity contribution is 6.36. The maximum Gasteiger partial charge on any atom is 0.255 e. The van der Waals surface area contributed by atoms with Gasteiger partial charge in [0.25, 0.3) is 5.91 Å². The van der Waals surface area contributed by atoms with Gasteiger partial charge in [0.05, 0.1) is 29.8 Å². The fourth-order valence-corrected chi connectivity index (χ4v) is 2.80. The van der Waals surface area contributed by atoms with E-state index in [0.29, 0.717) is 35.4 Å². The molecule has 1 amide bonds. The van der Waals surface area contributed by atoms with E-state index in [1.165, 1.54) is 0 Å². The predicted octanol–water partition coefficient (Wildman–Crippen LogP) is 2.40. The van der Waals surface area contributed by atoms with Crippen LogP contribution in [0.1, 0.15) is 10.4 Å². The van der Waals surface area contributed by atoms with Crippen molar-refractivity contribution in [2.75, 3.05) is 40.4 Å². The molecule has 6 heteroatoms. The Morgan fingerprint density at radius 2 is 2.20 bits per heavy atom. The summed E-state index contributed by atoms with van der Waals surface area (Å²) in [5, 5.41) is 0.913. The van der Waals surface area contributed by atoms with Crippen LogP contribution in [0.15, 0.2) is 18.2 Å². The third-order valence-electron chi connectivity index (χ3n) is 3.23. The lowest BCUT2D eigenvalue weighted by Crippen LogP contribution is -2.52. The van der Waals surface area contributed by atoms with Crippen LogP contribution in [0, 0.1) is 0 Å². The molecule has 2 rings (SSSR count). The quantitative estimate of drug-likeness (QED) is 0.858. The topological polar surface area (TPSA) is 32.8 Å². The molecule has 1 unspecified atom stereocenters. The second-order valence-corrected chi connectivity index (χ2v) is 5.96. The third kappa shape index (κ3) is 3.64. The summed E-state index contributed by atoms with van der Waals surface area (Å²) in [7, 11) is 3.96. The first-order valence-electron chi connectivity index (χ1n) is 6.47. The zero-order valence-corrected chi connectivity index (χ0v) is 13.1. The van der Waals surface area contributed by atoms with Gasteiger partial charge in [-0.05, 0) is 32.3 Å². The van der Waals surface area contributed by atoms with Crippen molar-refractivity contribution < 1.29 is 9.53 Å². The molecule has 0 spiro atoms. The Labute approximate surface area is 129 Å². The Hall–Kier alpha value is -0.810. The molecule has 1 aromatic carbocycles. The van der Waals surface area contributed by atoms with Crippen LogP contribution >= 0.6 is 23.2 Å². The number of nitrogens with zero attached hydrogens (tertiary/aromatic N) is 2. The molecular formula is C14H18Cl2N2O2. The molecule has 0 aliphatic carbocycles. The summed E-state index contributed by atoms with van der Waals surface area (Å²) in [5.41, 5.74) is 0.488. The molecule has 1 aliphatic heterocycles. The number of ether oxygens (including phenoxy) is 1. The first-order valence-corrected chi connectivity index (χ1v) is 7.23. The van der Waals surface area contributed by atoms with Crippen molar-refractivity contribution in [2.24, 2.45) is 0 Å². The molecule has 0 aromatic heterocycles. The molecule has 0 N–H and O–H groups in total. The molecule has 20 heavy (non-hydrogen) atoms. The molecule has 1 atom stereocenters. The molecule has 0 radical (unpaired) electrons. The average molecular weight is 317 g/mol. The Morgan fingerprint density at radius 1 is 1.45 bits per heavy atom. The number of hydrogen-bond donors (Lipinski definition) is 0. The number of morpholine rings is 1. The van der Waals surface area contributed by atoms with Crippen LogP contribution in [0.25, 0.3) is 0 Å². The summed E-state index contributed by atoms with van der Waals surface area (Å²) >= 11 is 12.0. The average Bonchev–Trinajstić information content (AvgIpc) is 2.38. The van der Waals surface area contributed by atoms with E-state index in [1.54, 1.807) is 18.2 Å². The SMILES string of the molecule is CN(C)CC1COCCN1C(=O)c1ccc(Cl)cc1Cl. The highest BCUT2D eigenvalue weighted by Gasteiger charge is 2.29. The second-order valence-electron chi connectivity index (χ2n) is 5.11. The van der Waals surface area contributed by atoms with Crippen molar-refractivity contribution in [2.45, 2.75) is 6.04 Å². The van der Waals surface area contributed by atoms with Crippen LogP contribution in [-0.4, -0.2) is 62.1 Å². The van der Waals surface area contributed by atoms with E-state index in [1.807, 2.05) is 23.9 Å². The van der Waals surface area contributed by atoms with Gasteiger partial charge in [-0.25, -0.2) is 0 Å². The third-order valence-corrected chi connectivity index (χ3v) is 3.77. The fourth-order valence-electron chi connectivity index (χ4n) is 2.31. The van der Waals surface area contributed by atoms with Gasteiger partial charge < -0.3 is 14.5 Å². The highest BCUT2D eigenvalue weighted by Crippen LogP contribution is 2.23. The number of carbonyl (C=O) groups excluding carboxylic acids is 1. The van der Waals surface area contributed by atoms with Gasteiger partial charge in [-0.15, -0.1) is 0 Å². The van der Waals surface area contributed by atoms with E-state index < -0.39 is 0 Å². The van der Waals surface area contributed by atoms with Crippen molar-refractivity contribution in [1.29, 1.82) is 0 Å². The van der Waals surface area contributed by atoms with Gasteiger partial charge in [0.15, 0.2) is 0 Å². The Kier molecular flexibility index (Phi) is 5.27. The van der Waals surface area contributed by atoms with E-state index >= 15 is 0 Å². The summed E-state index contributed by atoms with van der Waals surface area (Å²) in [5.74, 6) is -0.0678. The van der Waals surface area contributed by atoms with Gasteiger partial charge in [-0.2, -0.15) is 0 Å². The van der Waals surface area contributed by atoms with Gasteiger partial charge in [0, 0.05) is 18.1 Å². The fraction of sp³-hybridized carbons (Fsp3) is 0.500. The number of carbonyl (C=O) groups is 1. The van der Waals surface area contributed by atoms with Crippen LogP contribution in [-0.2, 0) is 4.74 Å². The van der Waals surface area contributed by atoms with Crippen LogP contribution < -0.4 is 0 Å². The summed E-state index contributed by atoms with van der Waals surface area (Å²) < 4.78 is 5.47. The molecule has 0 saturated carbocycles. The minimum atomic E-state index is -0.0678. The Bertz CT molecular complexity index is 494. The van der Waals surface area contributed by atoms with E-state index in [9.17, 15) is 4.79 Å². The number of amides is 1. The van der Waals surface area contributed by atoms with Crippen molar-refractivity contribution in [3.05, 3.63) is 33.8 Å². The largest absolute Gasteiger partial charge is 0.377 e. The molecule has 4 nitrogen and oxygen atoms in total. The zero-order valence-electron chi connectivity index (χ0n) is 11.6. The van der Waals surface area contributed by atoms with Gasteiger partial charge in [-0.3, -0.25) is 4.79 Å². The molecular weight excluding hydrogens is 299 g/mol. The highest BCUT2D eigenvalue weighted by atomic mass is 35.5. The van der Waals surface area contributed by atoms with Crippen molar-refractivity contribution in [3.63, 3.8) is 0 Å². The summed E-state index contributed by atoms with van der Waals surface area (Å²) in [4.78, 5) is 16.5. The second kappa shape index (κ2) is 6.76. The van der Waals surface area contributed by atoms with Crippen molar-refractivity contribution >= 4 is 29.1 Å². The van der Waals surface area contributed by atoms with E-state index in [0.717, 1.165) is 6.54 Å². The standard InChI is InChI=1S/C14H18Cl2N2O2/c1-17(2)8-11-9-20-6-5-18(11)14(19)12-4-3-10(15)7-13(12)16/h3-4,7,11H,5-6,8-9H2,1-2H3. The van der Waals surface area contributed by atoms with Crippen LogP contribution in [0.4, 0.5) is 0 Å². The van der Waals surface area contributed by atoms with E-state index in [2.05, 4.69) is 0 Å². The van der Waals surface area contributed by atoms with E-state index in [4.69, 9.17) is 27.9 Å². The minimum Gasteiger partial charge on any atom is -0.377 e. The lowest BCUT2D eigenvalue weighted by molar-refractivity contribution is -0.00829. The van der Waals surface area contributed by atoms with Gasteiger partial charge in [0.2, 0.25) is 0 Å². The molecule has 110 valence electrons. The summed E-state index contributed by atoms with van der Waals surface area (Å²) in [6.45, 7) is 2.45. The van der Waals surface area contributed by atoms with Gasteiger partial charge >= 0.3 is 0 Å². The lowest BCUT2D eigenvalue weighted by atomic mass is 10.1. The lowest BCUT2D eigenvalue weighted by Gasteiger charge is -2.37.